The van der Waals surface area contributed by atoms with Crippen molar-refractivity contribution < 1.29 is 20.1 Å². The van der Waals surface area contributed by atoms with Crippen LogP contribution in [0.15, 0.2) is 60.7 Å². The van der Waals surface area contributed by atoms with E-state index in [1.54, 1.807) is 0 Å². The summed E-state index contributed by atoms with van der Waals surface area (Å²) >= 11 is 0. The average Bonchev–Trinajstić information content (AvgIpc) is 2.66. The van der Waals surface area contributed by atoms with Crippen molar-refractivity contribution in [2.24, 2.45) is 0 Å². The van der Waals surface area contributed by atoms with Crippen molar-refractivity contribution in [1.82, 2.24) is 4.98 Å². The molecule has 0 atom stereocenters. The Morgan fingerprint density at radius 3 is 2.12 bits per heavy atom. The van der Waals surface area contributed by atoms with Crippen molar-refractivity contribution in [3.63, 3.8) is 0 Å². The van der Waals surface area contributed by atoms with Gasteiger partial charge in [-0.3, -0.25) is 0 Å². The Morgan fingerprint density at radius 2 is 1.44 bits per heavy atom. The molecule has 1 heterocycles. The van der Waals surface area contributed by atoms with Gasteiger partial charge in [-0.2, -0.15) is 0 Å². The van der Waals surface area contributed by atoms with Crippen LogP contribution in [0, 0.1) is 19.9 Å². The minimum atomic E-state index is 0. The molecule has 4 rings (SSSR count). The van der Waals surface area contributed by atoms with Gasteiger partial charge in [0, 0.05) is 25.8 Å². The van der Waals surface area contributed by atoms with Crippen molar-refractivity contribution in [2.45, 2.75) is 12.8 Å². The van der Waals surface area contributed by atoms with Crippen LogP contribution in [0.4, 0.5) is 0 Å². The fourth-order valence-corrected chi connectivity index (χ4v) is 3.15. The van der Waals surface area contributed by atoms with E-state index in [2.05, 4.69) is 36.4 Å². The van der Waals surface area contributed by atoms with Gasteiger partial charge in [0.1, 0.15) is 0 Å². The van der Waals surface area contributed by atoms with E-state index in [-0.39, 0.29) is 20.1 Å². The Bertz CT molecular complexity index is 951. The van der Waals surface area contributed by atoms with Crippen molar-refractivity contribution in [2.75, 3.05) is 0 Å². The zero-order valence-corrected chi connectivity index (χ0v) is 16.0. The fraction of sp³-hybridized carbons (Fsp3) is 0.0870. The first-order valence-corrected chi connectivity index (χ1v) is 8.03. The summed E-state index contributed by atoms with van der Waals surface area (Å²) < 4.78 is 0. The third-order valence-electron chi connectivity index (χ3n) is 4.30. The Labute approximate surface area is 162 Å². The number of nitrogens with zero attached hydrogens (tertiary/aromatic N) is 1. The monoisotopic (exact) mass is 499 g/mol. The second-order valence-corrected chi connectivity index (χ2v) is 5.85. The van der Waals surface area contributed by atoms with E-state index < -0.39 is 0 Å². The van der Waals surface area contributed by atoms with Crippen molar-refractivity contribution in [3.8, 4) is 11.3 Å². The molecule has 0 aliphatic heterocycles. The predicted octanol–water partition coefficient (Wildman–Crippen LogP) is 5.36. The Balaban J connectivity index is 0.00000182. The Kier molecular flexibility index (Phi) is 5.32. The number of aromatic nitrogens is 1. The number of hydrogen-bond donors (Lipinski definition) is 0. The van der Waals surface area contributed by atoms with Crippen LogP contribution in [0.3, 0.4) is 0 Å². The molecule has 0 spiro atoms. The molecule has 0 aliphatic rings. The van der Waals surface area contributed by atoms with E-state index in [0.717, 1.165) is 44.1 Å². The molecule has 0 aliphatic carbocycles. The van der Waals surface area contributed by atoms with Gasteiger partial charge in [-0.05, 0) is 49.2 Å². The molecule has 1 aromatic heterocycles. The van der Waals surface area contributed by atoms with Gasteiger partial charge in [0.05, 0.1) is 0 Å². The van der Waals surface area contributed by atoms with Gasteiger partial charge in [0.25, 0.3) is 0 Å². The van der Waals surface area contributed by atoms with E-state index in [0.29, 0.717) is 12.8 Å². The van der Waals surface area contributed by atoms with E-state index in [1.807, 2.05) is 30.3 Å². The average molecular weight is 499 g/mol. The zero-order valence-electron chi connectivity index (χ0n) is 13.6. The summed E-state index contributed by atoms with van der Waals surface area (Å²) in [4.78, 5) is 4.82. The molecular formula is C23H16IrN-. The molecule has 0 amide bonds. The third kappa shape index (κ3) is 3.25. The second kappa shape index (κ2) is 7.47. The maximum atomic E-state index is 5.88. The van der Waals surface area contributed by atoms with Gasteiger partial charge in [0.15, 0.2) is 0 Å². The van der Waals surface area contributed by atoms with Crippen LogP contribution in [-0.2, 0) is 32.9 Å². The summed E-state index contributed by atoms with van der Waals surface area (Å²) in [5, 5.41) is 4.51. The largest absolute Gasteiger partial charge is 0.301 e. The fourth-order valence-electron chi connectivity index (χ4n) is 3.15. The standard InChI is InChI=1S/C23H16N.Ir/c1-3-16-13-17-9-5-7-11-20(17)22(14-16)23-21-12-8-6-10-18(21)15-19(4-2)24-23;/h1-2,5-13,15H,3-4H2;/q-1;. The Hall–Kier alpha value is -2.02. The topological polar surface area (TPSA) is 12.9 Å². The van der Waals surface area contributed by atoms with Crippen molar-refractivity contribution >= 4 is 21.5 Å². The van der Waals surface area contributed by atoms with Crippen LogP contribution in [0.5, 0.6) is 0 Å². The van der Waals surface area contributed by atoms with E-state index >= 15 is 0 Å². The van der Waals surface area contributed by atoms with Crippen LogP contribution < -0.4 is 0 Å². The van der Waals surface area contributed by atoms with Crippen LogP contribution in [0.2, 0.25) is 0 Å². The summed E-state index contributed by atoms with van der Waals surface area (Å²) in [5.74, 6) is 0. The van der Waals surface area contributed by atoms with E-state index in [9.17, 15) is 0 Å². The number of pyridine rings is 1. The normalized spacial score (nSPS) is 10.8. The first kappa shape index (κ1) is 17.8. The van der Waals surface area contributed by atoms with Gasteiger partial charge in [0.2, 0.25) is 0 Å². The molecule has 1 nitrogen and oxygen atoms in total. The molecule has 2 heteroatoms. The number of rotatable bonds is 3. The first-order valence-electron chi connectivity index (χ1n) is 8.03. The van der Waals surface area contributed by atoms with Gasteiger partial charge in [-0.15, -0.1) is 28.6 Å². The number of benzene rings is 3. The summed E-state index contributed by atoms with van der Waals surface area (Å²) in [5.41, 5.74) is 3.76. The second-order valence-electron chi connectivity index (χ2n) is 5.85. The maximum Gasteiger partial charge on any atom is 0.0306 e. The zero-order chi connectivity index (χ0) is 16.5. The third-order valence-corrected chi connectivity index (χ3v) is 4.30. The minimum Gasteiger partial charge on any atom is -0.301 e. The van der Waals surface area contributed by atoms with Gasteiger partial charge in [-0.25, -0.2) is 0 Å². The smallest absolute Gasteiger partial charge is 0.0306 e. The predicted molar refractivity (Wildman–Crippen MR) is 99.5 cm³/mol. The molecule has 4 aromatic rings. The molecule has 0 bridgehead atoms. The molecule has 123 valence electrons. The maximum absolute atomic E-state index is 5.88. The van der Waals surface area contributed by atoms with Crippen LogP contribution in [-0.4, -0.2) is 4.98 Å². The first-order chi connectivity index (χ1) is 11.8. The van der Waals surface area contributed by atoms with Crippen LogP contribution in [0.1, 0.15) is 11.3 Å². The van der Waals surface area contributed by atoms with Gasteiger partial charge >= 0.3 is 0 Å². The molecular weight excluding hydrogens is 482 g/mol. The van der Waals surface area contributed by atoms with Crippen molar-refractivity contribution in [3.05, 3.63) is 91.8 Å². The minimum absolute atomic E-state index is 0. The quantitative estimate of drug-likeness (QED) is 0.347. The van der Waals surface area contributed by atoms with E-state index in [4.69, 9.17) is 18.8 Å². The molecule has 3 aromatic carbocycles. The summed E-state index contributed by atoms with van der Waals surface area (Å²) in [6.07, 6.45) is 0.860. The molecule has 25 heavy (non-hydrogen) atoms. The van der Waals surface area contributed by atoms with Crippen molar-refractivity contribution in [1.29, 1.82) is 0 Å². The SMILES string of the molecule is [CH]Cc1[c-]c(-c2nc(C[CH])cc3ccccc23)c2ccccc2c1.[Ir]. The molecule has 0 N–H and O–H groups in total. The molecule has 5 radical (unpaired) electrons. The molecule has 0 fully saturated rings. The van der Waals surface area contributed by atoms with Gasteiger partial charge < -0.3 is 4.98 Å². The number of hydrogen-bond acceptors (Lipinski definition) is 1. The number of fused-ring (bicyclic) bond motifs is 2. The molecule has 0 saturated heterocycles. The summed E-state index contributed by atoms with van der Waals surface area (Å²) in [6.45, 7) is 11.7. The van der Waals surface area contributed by atoms with Crippen LogP contribution >= 0.6 is 0 Å². The van der Waals surface area contributed by atoms with Crippen LogP contribution in [0.25, 0.3) is 32.8 Å². The summed E-state index contributed by atoms with van der Waals surface area (Å²) in [7, 11) is 0. The Morgan fingerprint density at radius 1 is 0.800 bits per heavy atom. The summed E-state index contributed by atoms with van der Waals surface area (Å²) in [6, 6.07) is 24.1. The molecule has 0 unspecified atom stereocenters. The van der Waals surface area contributed by atoms with E-state index in [1.165, 1.54) is 0 Å². The van der Waals surface area contributed by atoms with Gasteiger partial charge in [-0.1, -0.05) is 53.9 Å². The molecule has 0 saturated carbocycles.